The predicted molar refractivity (Wildman–Crippen MR) is 97.9 cm³/mol. The van der Waals surface area contributed by atoms with Crippen molar-refractivity contribution in [3.05, 3.63) is 64.1 Å². The number of benzene rings is 1. The zero-order valence-corrected chi connectivity index (χ0v) is 15.4. The van der Waals surface area contributed by atoms with Crippen LogP contribution in [0.3, 0.4) is 0 Å². The average Bonchev–Trinajstić information content (AvgIpc) is 2.61. The number of nitrogens with one attached hydrogen (secondary N) is 1. The highest BCUT2D eigenvalue weighted by molar-refractivity contribution is 7.90. The highest BCUT2D eigenvalue weighted by Gasteiger charge is 2.23. The zero-order chi connectivity index (χ0) is 18.7. The summed E-state index contributed by atoms with van der Waals surface area (Å²) in [6.45, 7) is 5.92. The summed E-state index contributed by atoms with van der Waals surface area (Å²) in [5, 5.41) is -0.259. The van der Waals surface area contributed by atoms with Gasteiger partial charge in [0.1, 0.15) is 12.4 Å². The summed E-state index contributed by atoms with van der Waals surface area (Å²) in [7, 11) is -3.53. The van der Waals surface area contributed by atoms with E-state index in [0.29, 0.717) is 43.9 Å². The molecular weight excluding hydrogens is 354 g/mol. The van der Waals surface area contributed by atoms with E-state index in [2.05, 4.69) is 21.4 Å². The fourth-order valence-corrected chi connectivity index (χ4v) is 3.43. The maximum atomic E-state index is 12.3. The van der Waals surface area contributed by atoms with E-state index in [1.54, 1.807) is 6.08 Å². The van der Waals surface area contributed by atoms with Gasteiger partial charge in [-0.15, -0.1) is 0 Å². The number of H-pyrrole nitrogens is 1. The molecule has 0 amide bonds. The molecule has 0 aliphatic carbocycles. The van der Waals surface area contributed by atoms with Gasteiger partial charge in [0.2, 0.25) is 15.0 Å². The monoisotopic (exact) mass is 375 g/mol. The Morgan fingerprint density at radius 1 is 1.35 bits per heavy atom. The van der Waals surface area contributed by atoms with Crippen molar-refractivity contribution in [2.45, 2.75) is 24.7 Å². The smallest absolute Gasteiger partial charge is 0.256 e. The summed E-state index contributed by atoms with van der Waals surface area (Å²) >= 11 is 0. The molecule has 0 fully saturated rings. The molecule has 0 bridgehead atoms. The van der Waals surface area contributed by atoms with Crippen molar-refractivity contribution in [3.8, 4) is 5.75 Å². The first-order chi connectivity index (χ1) is 12.4. The Balaban J connectivity index is 1.72. The summed E-state index contributed by atoms with van der Waals surface area (Å²) < 4.78 is 28.7. The minimum atomic E-state index is -3.53. The normalized spacial score (nSPS) is 14.7. The van der Waals surface area contributed by atoms with Crippen LogP contribution in [0.5, 0.6) is 5.75 Å². The van der Waals surface area contributed by atoms with Crippen LogP contribution in [0.15, 0.2) is 46.9 Å². The Kier molecular flexibility index (Phi) is 5.24. The molecule has 0 saturated heterocycles. The van der Waals surface area contributed by atoms with Gasteiger partial charge in [0, 0.05) is 32.3 Å². The molecule has 1 aromatic heterocycles. The van der Waals surface area contributed by atoms with Crippen LogP contribution < -0.4 is 10.3 Å². The Bertz CT molecular complexity index is 965. The predicted octanol–water partition coefficient (Wildman–Crippen LogP) is 1.30. The van der Waals surface area contributed by atoms with Crippen LogP contribution in [0, 0.1) is 0 Å². The third-order valence-electron chi connectivity index (χ3n) is 4.17. The minimum absolute atomic E-state index is 0.259. The number of hydrogen-bond donors (Lipinski definition) is 1. The molecule has 0 saturated carbocycles. The number of aromatic amines is 1. The molecule has 1 aliphatic rings. The van der Waals surface area contributed by atoms with Gasteiger partial charge < -0.3 is 4.74 Å². The summed E-state index contributed by atoms with van der Waals surface area (Å²) in [4.78, 5) is 20.9. The molecule has 0 radical (unpaired) electrons. The van der Waals surface area contributed by atoms with Gasteiger partial charge >= 0.3 is 0 Å². The lowest BCUT2D eigenvalue weighted by Crippen LogP contribution is -2.36. The number of rotatable bonds is 6. The number of aromatic nitrogens is 2. The fourth-order valence-electron chi connectivity index (χ4n) is 2.87. The summed E-state index contributed by atoms with van der Waals surface area (Å²) in [6.07, 6.45) is 3.28. The summed E-state index contributed by atoms with van der Waals surface area (Å²) in [5.41, 5.74) is 1.83. The molecule has 7 nitrogen and oxygen atoms in total. The largest absolute Gasteiger partial charge is 0.490 e. The van der Waals surface area contributed by atoms with Crippen molar-refractivity contribution >= 4 is 9.84 Å². The van der Waals surface area contributed by atoms with E-state index in [4.69, 9.17) is 4.74 Å². The molecule has 0 spiro atoms. The van der Waals surface area contributed by atoms with E-state index in [1.165, 1.54) is 0 Å². The topological polar surface area (TPSA) is 92.4 Å². The number of nitrogens with zero attached hydrogens (tertiary/aromatic N) is 2. The molecular formula is C18H21N3O4S. The molecule has 0 atom stereocenters. The second-order valence-electron chi connectivity index (χ2n) is 6.27. The minimum Gasteiger partial charge on any atom is -0.490 e. The average molecular weight is 375 g/mol. The Labute approximate surface area is 152 Å². The Hall–Kier alpha value is -2.45. The molecule has 1 aromatic carbocycles. The van der Waals surface area contributed by atoms with E-state index in [-0.39, 0.29) is 10.7 Å². The Morgan fingerprint density at radius 2 is 2.08 bits per heavy atom. The van der Waals surface area contributed by atoms with E-state index in [1.807, 2.05) is 24.3 Å². The molecule has 26 heavy (non-hydrogen) atoms. The van der Waals surface area contributed by atoms with E-state index in [0.717, 1.165) is 17.6 Å². The molecule has 8 heteroatoms. The van der Waals surface area contributed by atoms with Crippen LogP contribution in [0.4, 0.5) is 0 Å². The lowest BCUT2D eigenvalue weighted by molar-refractivity contribution is 0.240. The van der Waals surface area contributed by atoms with Crippen molar-refractivity contribution in [1.82, 2.24) is 14.9 Å². The molecule has 138 valence electrons. The number of hydrogen-bond acceptors (Lipinski definition) is 6. The van der Waals surface area contributed by atoms with Crippen LogP contribution >= 0.6 is 0 Å². The molecule has 2 aromatic rings. The van der Waals surface area contributed by atoms with Crippen molar-refractivity contribution in [1.29, 1.82) is 0 Å². The lowest BCUT2D eigenvalue weighted by Gasteiger charge is -2.27. The summed E-state index contributed by atoms with van der Waals surface area (Å²) in [6, 6.07) is 7.79. The van der Waals surface area contributed by atoms with Gasteiger partial charge in [-0.25, -0.2) is 13.4 Å². The first-order valence-corrected chi connectivity index (χ1v) is 10.1. The van der Waals surface area contributed by atoms with E-state index < -0.39 is 9.84 Å². The maximum absolute atomic E-state index is 12.3. The van der Waals surface area contributed by atoms with Crippen LogP contribution in [0.25, 0.3) is 0 Å². The van der Waals surface area contributed by atoms with Gasteiger partial charge in [-0.2, -0.15) is 0 Å². The Morgan fingerprint density at radius 3 is 2.73 bits per heavy atom. The zero-order valence-electron chi connectivity index (χ0n) is 14.6. The standard InChI is InChI=1S/C18H21N3O4S/c1-3-10-25-14-6-4-13(5-7-14)11-21-9-8-16-15(12-21)17(22)20-18(19-16)26(2,23)24/h3-7H,1,8-12H2,2H3,(H,19,20,22). The molecule has 0 unspecified atom stereocenters. The quantitative estimate of drug-likeness (QED) is 0.604. The van der Waals surface area contributed by atoms with Gasteiger partial charge in [0.05, 0.1) is 11.3 Å². The fraction of sp³-hybridized carbons (Fsp3) is 0.333. The molecule has 1 N–H and O–H groups in total. The van der Waals surface area contributed by atoms with Gasteiger partial charge in [0.15, 0.2) is 0 Å². The van der Waals surface area contributed by atoms with Gasteiger partial charge in [-0.1, -0.05) is 24.8 Å². The third kappa shape index (κ3) is 4.20. The second-order valence-corrected chi connectivity index (χ2v) is 8.20. The third-order valence-corrected chi connectivity index (χ3v) is 5.07. The number of fused-ring (bicyclic) bond motifs is 1. The van der Waals surface area contributed by atoms with Crippen LogP contribution in [-0.4, -0.2) is 42.7 Å². The number of sulfone groups is 1. The second kappa shape index (κ2) is 7.43. The van der Waals surface area contributed by atoms with E-state index >= 15 is 0 Å². The van der Waals surface area contributed by atoms with Crippen molar-refractivity contribution in [2.24, 2.45) is 0 Å². The van der Waals surface area contributed by atoms with Crippen molar-refractivity contribution in [3.63, 3.8) is 0 Å². The van der Waals surface area contributed by atoms with Crippen LogP contribution in [-0.2, 0) is 29.3 Å². The van der Waals surface area contributed by atoms with Crippen LogP contribution in [0.2, 0.25) is 0 Å². The molecule has 1 aliphatic heterocycles. The summed E-state index contributed by atoms with van der Waals surface area (Å²) in [5.74, 6) is 0.784. The lowest BCUT2D eigenvalue weighted by atomic mass is 10.1. The van der Waals surface area contributed by atoms with Gasteiger partial charge in [0.25, 0.3) is 5.56 Å². The maximum Gasteiger partial charge on any atom is 0.256 e. The van der Waals surface area contributed by atoms with Crippen molar-refractivity contribution < 1.29 is 13.2 Å². The molecule has 2 heterocycles. The SMILES string of the molecule is C=CCOc1ccc(CN2CCc3nc(S(C)(=O)=O)[nH]c(=O)c3C2)cc1. The first-order valence-electron chi connectivity index (χ1n) is 8.24. The van der Waals surface area contributed by atoms with Gasteiger partial charge in [-0.05, 0) is 17.7 Å². The van der Waals surface area contributed by atoms with E-state index in [9.17, 15) is 13.2 Å². The highest BCUT2D eigenvalue weighted by Crippen LogP contribution is 2.19. The van der Waals surface area contributed by atoms with Crippen LogP contribution in [0.1, 0.15) is 16.8 Å². The van der Waals surface area contributed by atoms with Crippen molar-refractivity contribution in [2.75, 3.05) is 19.4 Å². The first kappa shape index (κ1) is 18.3. The number of ether oxygens (including phenoxy) is 1. The highest BCUT2D eigenvalue weighted by atomic mass is 32.2. The molecule has 3 rings (SSSR count). The van der Waals surface area contributed by atoms with Gasteiger partial charge in [-0.3, -0.25) is 14.7 Å².